The molecule has 2 nitrogen and oxygen atoms in total. The lowest BCUT2D eigenvalue weighted by atomic mass is 9.84. The second kappa shape index (κ2) is 8.93. The topological polar surface area (TPSA) is 29.3 Å². The number of nitrogens with zero attached hydrogens (tertiary/aromatic N) is 1. The molecule has 1 aliphatic rings. The summed E-state index contributed by atoms with van der Waals surface area (Å²) < 4.78 is 0. The van der Waals surface area contributed by atoms with Crippen molar-refractivity contribution in [1.29, 1.82) is 0 Å². The minimum Gasteiger partial charge on any atom is -0.329 e. The van der Waals surface area contributed by atoms with Gasteiger partial charge in [-0.15, -0.1) is 0 Å². The van der Waals surface area contributed by atoms with Gasteiger partial charge in [0.2, 0.25) is 0 Å². The van der Waals surface area contributed by atoms with Crippen LogP contribution in [0.25, 0.3) is 0 Å². The van der Waals surface area contributed by atoms with Crippen LogP contribution in [0.3, 0.4) is 0 Å². The van der Waals surface area contributed by atoms with E-state index in [4.69, 9.17) is 5.73 Å². The molecule has 1 rings (SSSR count). The molecule has 102 valence electrons. The van der Waals surface area contributed by atoms with Crippen LogP contribution in [-0.4, -0.2) is 30.6 Å². The summed E-state index contributed by atoms with van der Waals surface area (Å²) in [4.78, 5) is 2.63. The van der Waals surface area contributed by atoms with Crippen LogP contribution < -0.4 is 5.73 Å². The fraction of sp³-hybridized carbons (Fsp3) is 1.00. The van der Waals surface area contributed by atoms with Crippen molar-refractivity contribution in [3.63, 3.8) is 0 Å². The van der Waals surface area contributed by atoms with Gasteiger partial charge < -0.3 is 5.73 Å². The average molecular weight is 240 g/mol. The number of likely N-dealkylation sites (N-methyl/N-ethyl adjacent to an activating group) is 1. The van der Waals surface area contributed by atoms with E-state index in [1.54, 1.807) is 0 Å². The highest BCUT2D eigenvalue weighted by molar-refractivity contribution is 4.78. The van der Waals surface area contributed by atoms with Crippen molar-refractivity contribution in [2.75, 3.05) is 19.6 Å². The fourth-order valence-electron chi connectivity index (χ4n) is 2.80. The number of unbranched alkanes of at least 4 members (excludes halogenated alkanes) is 3. The fourth-order valence-corrected chi connectivity index (χ4v) is 2.80. The summed E-state index contributed by atoms with van der Waals surface area (Å²) in [5, 5.41) is 0. The minimum absolute atomic E-state index is 0.637. The van der Waals surface area contributed by atoms with Crippen molar-refractivity contribution in [2.24, 2.45) is 11.7 Å². The van der Waals surface area contributed by atoms with Gasteiger partial charge in [0.15, 0.2) is 0 Å². The Kier molecular flexibility index (Phi) is 7.87. The zero-order valence-electron chi connectivity index (χ0n) is 12.0. The normalized spacial score (nSPS) is 18.4. The van der Waals surface area contributed by atoms with E-state index >= 15 is 0 Å². The van der Waals surface area contributed by atoms with E-state index in [0.29, 0.717) is 6.04 Å². The highest BCUT2D eigenvalue weighted by atomic mass is 15.2. The molecule has 0 aromatic rings. The molecule has 0 spiro atoms. The molecule has 1 atom stereocenters. The molecule has 0 heterocycles. The summed E-state index contributed by atoms with van der Waals surface area (Å²) in [5.41, 5.74) is 5.96. The summed E-state index contributed by atoms with van der Waals surface area (Å²) in [7, 11) is 0. The van der Waals surface area contributed by atoms with Gasteiger partial charge in [-0.1, -0.05) is 46.0 Å². The minimum atomic E-state index is 0.637. The summed E-state index contributed by atoms with van der Waals surface area (Å²) in [6, 6.07) is 0.637. The summed E-state index contributed by atoms with van der Waals surface area (Å²) >= 11 is 0. The molecule has 2 heteroatoms. The predicted molar refractivity (Wildman–Crippen MR) is 76.2 cm³/mol. The van der Waals surface area contributed by atoms with Gasteiger partial charge in [-0.2, -0.15) is 0 Å². The molecule has 0 aliphatic heterocycles. The number of hydrogen-bond acceptors (Lipinski definition) is 2. The van der Waals surface area contributed by atoms with E-state index in [1.807, 2.05) is 0 Å². The standard InChI is InChI=1S/C15H32N2/c1-3-5-6-7-11-15(12-16)17(4-2)13-14-9-8-10-14/h14-15H,3-13,16H2,1-2H3. The zero-order chi connectivity index (χ0) is 12.5. The Hall–Kier alpha value is -0.0800. The van der Waals surface area contributed by atoms with Crippen molar-refractivity contribution < 1.29 is 0 Å². The van der Waals surface area contributed by atoms with Crippen LogP contribution in [0.1, 0.15) is 65.2 Å². The largest absolute Gasteiger partial charge is 0.329 e. The van der Waals surface area contributed by atoms with E-state index < -0.39 is 0 Å². The van der Waals surface area contributed by atoms with E-state index in [9.17, 15) is 0 Å². The summed E-state index contributed by atoms with van der Waals surface area (Å²) in [6.07, 6.45) is 11.1. The third-order valence-corrected chi connectivity index (χ3v) is 4.30. The second-order valence-corrected chi connectivity index (χ2v) is 5.62. The molecule has 1 aliphatic carbocycles. The molecule has 0 amide bonds. The highest BCUT2D eigenvalue weighted by Gasteiger charge is 2.23. The van der Waals surface area contributed by atoms with Crippen molar-refractivity contribution in [3.05, 3.63) is 0 Å². The van der Waals surface area contributed by atoms with Crippen LogP contribution in [0.15, 0.2) is 0 Å². The first-order valence-electron chi connectivity index (χ1n) is 7.75. The van der Waals surface area contributed by atoms with Gasteiger partial charge in [0.1, 0.15) is 0 Å². The summed E-state index contributed by atoms with van der Waals surface area (Å²) in [6.45, 7) is 7.87. The average Bonchev–Trinajstić information content (AvgIpc) is 2.30. The van der Waals surface area contributed by atoms with Crippen molar-refractivity contribution in [2.45, 2.75) is 71.3 Å². The maximum atomic E-state index is 5.96. The van der Waals surface area contributed by atoms with Crippen molar-refractivity contribution >= 4 is 0 Å². The lowest BCUT2D eigenvalue weighted by molar-refractivity contribution is 0.134. The third-order valence-electron chi connectivity index (χ3n) is 4.30. The SMILES string of the molecule is CCCCCCC(CN)N(CC)CC1CCC1. The summed E-state index contributed by atoms with van der Waals surface area (Å²) in [5.74, 6) is 0.972. The van der Waals surface area contributed by atoms with Crippen molar-refractivity contribution in [3.8, 4) is 0 Å². The van der Waals surface area contributed by atoms with Crippen LogP contribution in [0.2, 0.25) is 0 Å². The molecule has 0 radical (unpaired) electrons. The monoisotopic (exact) mass is 240 g/mol. The van der Waals surface area contributed by atoms with E-state index in [-0.39, 0.29) is 0 Å². The van der Waals surface area contributed by atoms with E-state index in [0.717, 1.165) is 12.5 Å². The van der Waals surface area contributed by atoms with Crippen LogP contribution in [-0.2, 0) is 0 Å². The number of hydrogen-bond donors (Lipinski definition) is 1. The van der Waals surface area contributed by atoms with Crippen LogP contribution in [0.4, 0.5) is 0 Å². The molecule has 0 saturated heterocycles. The van der Waals surface area contributed by atoms with Gasteiger partial charge in [-0.25, -0.2) is 0 Å². The Morgan fingerprint density at radius 3 is 2.41 bits per heavy atom. The first kappa shape index (κ1) is 15.0. The first-order valence-corrected chi connectivity index (χ1v) is 7.75. The molecule has 0 bridgehead atoms. The quantitative estimate of drug-likeness (QED) is 0.593. The van der Waals surface area contributed by atoms with Crippen LogP contribution in [0.5, 0.6) is 0 Å². The molecular weight excluding hydrogens is 208 g/mol. The van der Waals surface area contributed by atoms with E-state index in [2.05, 4.69) is 18.7 Å². The molecule has 1 unspecified atom stereocenters. The maximum Gasteiger partial charge on any atom is 0.0218 e. The van der Waals surface area contributed by atoms with Crippen molar-refractivity contribution in [1.82, 2.24) is 4.90 Å². The van der Waals surface area contributed by atoms with Crippen LogP contribution >= 0.6 is 0 Å². The molecule has 1 saturated carbocycles. The van der Waals surface area contributed by atoms with Crippen LogP contribution in [0, 0.1) is 5.92 Å². The maximum absolute atomic E-state index is 5.96. The zero-order valence-corrected chi connectivity index (χ0v) is 12.0. The first-order chi connectivity index (χ1) is 8.31. The van der Waals surface area contributed by atoms with Gasteiger partial charge in [-0.05, 0) is 31.7 Å². The number of rotatable bonds is 10. The molecular formula is C15H32N2. The predicted octanol–water partition coefficient (Wildman–Crippen LogP) is 3.41. The third kappa shape index (κ3) is 5.39. The Balaban J connectivity index is 2.23. The van der Waals surface area contributed by atoms with Gasteiger partial charge in [0.05, 0.1) is 0 Å². The lowest BCUT2D eigenvalue weighted by Crippen LogP contribution is -2.44. The lowest BCUT2D eigenvalue weighted by Gasteiger charge is -2.36. The molecule has 1 fully saturated rings. The molecule has 0 aromatic carbocycles. The Labute approximate surface area is 108 Å². The smallest absolute Gasteiger partial charge is 0.0218 e. The molecule has 0 aromatic heterocycles. The van der Waals surface area contributed by atoms with Gasteiger partial charge in [-0.3, -0.25) is 4.90 Å². The highest BCUT2D eigenvalue weighted by Crippen LogP contribution is 2.28. The Bertz CT molecular complexity index is 178. The number of nitrogens with two attached hydrogens (primary N) is 1. The second-order valence-electron chi connectivity index (χ2n) is 5.62. The Morgan fingerprint density at radius 2 is 1.94 bits per heavy atom. The van der Waals surface area contributed by atoms with Gasteiger partial charge >= 0.3 is 0 Å². The van der Waals surface area contributed by atoms with E-state index in [1.165, 1.54) is 64.5 Å². The van der Waals surface area contributed by atoms with Gasteiger partial charge in [0, 0.05) is 19.1 Å². The molecule has 2 N–H and O–H groups in total. The molecule has 17 heavy (non-hydrogen) atoms. The Morgan fingerprint density at radius 1 is 1.18 bits per heavy atom. The van der Waals surface area contributed by atoms with Gasteiger partial charge in [0.25, 0.3) is 0 Å².